The van der Waals surface area contributed by atoms with E-state index in [0.717, 1.165) is 11.9 Å². The Morgan fingerprint density at radius 2 is 2.06 bits per heavy atom. The van der Waals surface area contributed by atoms with Crippen LogP contribution in [-0.4, -0.2) is 4.98 Å². The fourth-order valence-electron chi connectivity index (χ4n) is 2.27. The van der Waals surface area contributed by atoms with E-state index in [-0.39, 0.29) is 6.04 Å². The number of nitrogens with zero attached hydrogens (tertiary/aromatic N) is 1. The molecule has 0 aliphatic rings. The number of hydrogen-bond donors (Lipinski definition) is 1. The third-order valence-electron chi connectivity index (χ3n) is 3.43. The molecular weight excluding hydrogens is 220 g/mol. The summed E-state index contributed by atoms with van der Waals surface area (Å²) < 4.78 is 0. The first-order valence-electron chi connectivity index (χ1n) is 6.91. The minimum absolute atomic E-state index is 0.147. The summed E-state index contributed by atoms with van der Waals surface area (Å²) in [6.45, 7) is 2.23. The van der Waals surface area contributed by atoms with Crippen molar-refractivity contribution in [3.05, 3.63) is 42.1 Å². The Balaban J connectivity index is 2.01. The number of fused-ring (bicyclic) bond motifs is 1. The summed E-state index contributed by atoms with van der Waals surface area (Å²) in [5, 5.41) is 1.18. The Hall–Kier alpha value is -1.41. The van der Waals surface area contributed by atoms with E-state index in [1.165, 1.54) is 36.6 Å². The third-order valence-corrected chi connectivity index (χ3v) is 3.43. The first-order chi connectivity index (χ1) is 8.81. The Morgan fingerprint density at radius 1 is 1.17 bits per heavy atom. The topological polar surface area (TPSA) is 38.9 Å². The molecule has 0 spiro atoms. The SMILES string of the molecule is CCCCCCC(N)c1ccc2cccnc2c1. The minimum atomic E-state index is 0.147. The number of hydrogen-bond acceptors (Lipinski definition) is 2. The van der Waals surface area contributed by atoms with E-state index in [1.807, 2.05) is 12.3 Å². The summed E-state index contributed by atoms with van der Waals surface area (Å²) in [5.74, 6) is 0. The summed E-state index contributed by atoms with van der Waals surface area (Å²) in [6.07, 6.45) is 7.99. The first kappa shape index (κ1) is 13.0. The lowest BCUT2D eigenvalue weighted by molar-refractivity contribution is 0.566. The molecular formula is C16H22N2. The smallest absolute Gasteiger partial charge is 0.0705 e. The fraction of sp³-hybridized carbons (Fsp3) is 0.438. The van der Waals surface area contributed by atoms with Gasteiger partial charge in [-0.3, -0.25) is 4.98 Å². The van der Waals surface area contributed by atoms with Crippen molar-refractivity contribution in [1.29, 1.82) is 0 Å². The van der Waals surface area contributed by atoms with Crippen molar-refractivity contribution >= 4 is 10.9 Å². The molecule has 0 radical (unpaired) electrons. The maximum absolute atomic E-state index is 6.24. The van der Waals surface area contributed by atoms with Crippen LogP contribution >= 0.6 is 0 Å². The molecule has 1 aromatic carbocycles. The van der Waals surface area contributed by atoms with E-state index in [2.05, 4.69) is 36.2 Å². The third kappa shape index (κ3) is 3.30. The van der Waals surface area contributed by atoms with Crippen LogP contribution in [-0.2, 0) is 0 Å². The second kappa shape index (κ2) is 6.50. The molecule has 0 aliphatic heterocycles. The van der Waals surface area contributed by atoms with Crippen LogP contribution in [0.15, 0.2) is 36.5 Å². The molecule has 0 amide bonds. The van der Waals surface area contributed by atoms with Gasteiger partial charge in [-0.25, -0.2) is 0 Å². The first-order valence-corrected chi connectivity index (χ1v) is 6.91. The lowest BCUT2D eigenvalue weighted by Crippen LogP contribution is -2.10. The van der Waals surface area contributed by atoms with Crippen LogP contribution < -0.4 is 5.73 Å². The van der Waals surface area contributed by atoms with Gasteiger partial charge in [0.25, 0.3) is 0 Å². The van der Waals surface area contributed by atoms with Crippen molar-refractivity contribution in [3.8, 4) is 0 Å². The molecule has 2 heteroatoms. The van der Waals surface area contributed by atoms with Gasteiger partial charge in [-0.1, -0.05) is 50.8 Å². The fourth-order valence-corrected chi connectivity index (χ4v) is 2.27. The van der Waals surface area contributed by atoms with Gasteiger partial charge in [0.05, 0.1) is 5.52 Å². The van der Waals surface area contributed by atoms with E-state index in [4.69, 9.17) is 5.73 Å². The molecule has 0 fully saturated rings. The van der Waals surface area contributed by atoms with E-state index in [1.54, 1.807) is 0 Å². The van der Waals surface area contributed by atoms with Crippen molar-refractivity contribution in [2.75, 3.05) is 0 Å². The van der Waals surface area contributed by atoms with E-state index >= 15 is 0 Å². The number of rotatable bonds is 6. The van der Waals surface area contributed by atoms with Crippen molar-refractivity contribution < 1.29 is 0 Å². The number of aromatic nitrogens is 1. The Kier molecular flexibility index (Phi) is 4.71. The zero-order chi connectivity index (χ0) is 12.8. The molecule has 2 N–H and O–H groups in total. The standard InChI is InChI=1S/C16H22N2/c1-2-3-4-5-8-15(17)14-10-9-13-7-6-11-18-16(13)12-14/h6-7,9-12,15H,2-5,8,17H2,1H3. The lowest BCUT2D eigenvalue weighted by Gasteiger charge is -2.12. The molecule has 1 atom stereocenters. The quantitative estimate of drug-likeness (QED) is 0.771. The van der Waals surface area contributed by atoms with Gasteiger partial charge in [0, 0.05) is 17.6 Å². The monoisotopic (exact) mass is 242 g/mol. The molecule has 2 nitrogen and oxygen atoms in total. The molecule has 1 aromatic heterocycles. The van der Waals surface area contributed by atoms with Gasteiger partial charge in [0.1, 0.15) is 0 Å². The Bertz CT molecular complexity index is 493. The van der Waals surface area contributed by atoms with E-state index in [0.29, 0.717) is 0 Å². The predicted octanol–water partition coefficient (Wildman–Crippen LogP) is 4.21. The molecule has 1 heterocycles. The van der Waals surface area contributed by atoms with Crippen LogP contribution in [0.1, 0.15) is 50.6 Å². The normalized spacial score (nSPS) is 12.8. The second-order valence-corrected chi connectivity index (χ2v) is 4.91. The molecule has 1 unspecified atom stereocenters. The summed E-state index contributed by atoms with van der Waals surface area (Å²) in [7, 11) is 0. The van der Waals surface area contributed by atoms with E-state index in [9.17, 15) is 0 Å². The molecule has 96 valence electrons. The lowest BCUT2D eigenvalue weighted by atomic mass is 9.99. The molecule has 2 rings (SSSR count). The summed E-state index contributed by atoms with van der Waals surface area (Å²) in [6, 6.07) is 10.6. The zero-order valence-corrected chi connectivity index (χ0v) is 11.1. The van der Waals surface area contributed by atoms with Gasteiger partial charge in [0.2, 0.25) is 0 Å². The number of nitrogens with two attached hydrogens (primary N) is 1. The van der Waals surface area contributed by atoms with Gasteiger partial charge < -0.3 is 5.73 Å². The van der Waals surface area contributed by atoms with Gasteiger partial charge in [0.15, 0.2) is 0 Å². The van der Waals surface area contributed by atoms with Crippen LogP contribution in [0.4, 0.5) is 0 Å². The predicted molar refractivity (Wildman–Crippen MR) is 77.4 cm³/mol. The maximum atomic E-state index is 6.24. The summed E-state index contributed by atoms with van der Waals surface area (Å²) in [5.41, 5.74) is 8.49. The van der Waals surface area contributed by atoms with Crippen LogP contribution in [0.5, 0.6) is 0 Å². The van der Waals surface area contributed by atoms with Crippen molar-refractivity contribution in [3.63, 3.8) is 0 Å². The van der Waals surface area contributed by atoms with E-state index < -0.39 is 0 Å². The van der Waals surface area contributed by atoms with Crippen LogP contribution in [0, 0.1) is 0 Å². The van der Waals surface area contributed by atoms with Gasteiger partial charge >= 0.3 is 0 Å². The molecule has 0 bridgehead atoms. The molecule has 0 saturated heterocycles. The van der Waals surface area contributed by atoms with Crippen molar-refractivity contribution in [2.45, 2.75) is 45.1 Å². The minimum Gasteiger partial charge on any atom is -0.324 e. The van der Waals surface area contributed by atoms with Crippen molar-refractivity contribution in [2.24, 2.45) is 5.73 Å². The molecule has 2 aromatic rings. The number of benzene rings is 1. The van der Waals surface area contributed by atoms with Crippen molar-refractivity contribution in [1.82, 2.24) is 4.98 Å². The summed E-state index contributed by atoms with van der Waals surface area (Å²) >= 11 is 0. The Labute approximate surface area is 109 Å². The maximum Gasteiger partial charge on any atom is 0.0705 e. The highest BCUT2D eigenvalue weighted by Crippen LogP contribution is 2.21. The number of pyridine rings is 1. The zero-order valence-electron chi connectivity index (χ0n) is 11.1. The highest BCUT2D eigenvalue weighted by Gasteiger charge is 2.06. The number of unbranched alkanes of at least 4 members (excludes halogenated alkanes) is 3. The van der Waals surface area contributed by atoms with Gasteiger partial charge in [-0.15, -0.1) is 0 Å². The van der Waals surface area contributed by atoms with Crippen LogP contribution in [0.2, 0.25) is 0 Å². The largest absolute Gasteiger partial charge is 0.324 e. The van der Waals surface area contributed by atoms with Gasteiger partial charge in [-0.2, -0.15) is 0 Å². The Morgan fingerprint density at radius 3 is 2.89 bits per heavy atom. The molecule has 0 saturated carbocycles. The van der Waals surface area contributed by atoms with Crippen LogP contribution in [0.3, 0.4) is 0 Å². The second-order valence-electron chi connectivity index (χ2n) is 4.91. The highest BCUT2D eigenvalue weighted by atomic mass is 14.7. The van der Waals surface area contributed by atoms with Crippen LogP contribution in [0.25, 0.3) is 10.9 Å². The summed E-state index contributed by atoms with van der Waals surface area (Å²) in [4.78, 5) is 4.38. The highest BCUT2D eigenvalue weighted by molar-refractivity contribution is 5.78. The molecule has 18 heavy (non-hydrogen) atoms. The average molecular weight is 242 g/mol. The van der Waals surface area contributed by atoms with Gasteiger partial charge in [-0.05, 0) is 24.1 Å². The average Bonchev–Trinajstić information content (AvgIpc) is 2.43. The molecule has 0 aliphatic carbocycles.